The molecule has 0 atom stereocenters. The van der Waals surface area contributed by atoms with Crippen LogP contribution in [0.15, 0.2) is 28.9 Å². The average Bonchev–Trinajstić information content (AvgIpc) is 3.17. The zero-order chi connectivity index (χ0) is 17.7. The van der Waals surface area contributed by atoms with Crippen molar-refractivity contribution < 1.29 is 9.42 Å². The number of amides is 1. The average molecular weight is 336 g/mol. The lowest BCUT2D eigenvalue weighted by molar-refractivity contribution is 0.100. The van der Waals surface area contributed by atoms with Gasteiger partial charge in [-0.2, -0.15) is 5.10 Å². The minimum atomic E-state index is -0.510. The number of nitrogens with two attached hydrogens (primary N) is 1. The number of nitrogens with zero attached hydrogens (tertiary/aromatic N) is 5. The Bertz CT molecular complexity index is 1130. The molecule has 0 aliphatic rings. The van der Waals surface area contributed by atoms with Crippen molar-refractivity contribution in [2.45, 2.75) is 26.8 Å². The Kier molecular flexibility index (Phi) is 3.28. The van der Waals surface area contributed by atoms with Crippen LogP contribution in [-0.4, -0.2) is 31.0 Å². The summed E-state index contributed by atoms with van der Waals surface area (Å²) in [7, 11) is 0. The molecular weight excluding hydrogens is 320 g/mol. The Morgan fingerprint density at radius 2 is 1.96 bits per heavy atom. The van der Waals surface area contributed by atoms with E-state index in [2.05, 4.69) is 15.4 Å². The predicted octanol–water partition coefficient (Wildman–Crippen LogP) is 2.62. The summed E-state index contributed by atoms with van der Waals surface area (Å²) in [6.45, 7) is 5.87. The lowest BCUT2D eigenvalue weighted by Crippen LogP contribution is -2.13. The SMILES string of the molecule is Cc1nn(C(C)C)c2nc(-c3ccc4nonc4c3)cc(C(N)=O)c12. The number of hydrogen-bond acceptors (Lipinski definition) is 6. The van der Waals surface area contributed by atoms with Gasteiger partial charge in [0.2, 0.25) is 5.91 Å². The summed E-state index contributed by atoms with van der Waals surface area (Å²) in [4.78, 5) is 16.8. The van der Waals surface area contributed by atoms with Gasteiger partial charge in [0.15, 0.2) is 5.65 Å². The van der Waals surface area contributed by atoms with Crippen molar-refractivity contribution >= 4 is 28.0 Å². The molecule has 1 amide bonds. The molecule has 0 bridgehead atoms. The number of fused-ring (bicyclic) bond motifs is 2. The van der Waals surface area contributed by atoms with Crippen LogP contribution in [0, 0.1) is 6.92 Å². The van der Waals surface area contributed by atoms with E-state index in [-0.39, 0.29) is 6.04 Å². The van der Waals surface area contributed by atoms with Crippen LogP contribution in [0.3, 0.4) is 0 Å². The Morgan fingerprint density at radius 3 is 2.68 bits per heavy atom. The third-order valence-electron chi connectivity index (χ3n) is 4.14. The number of benzene rings is 1. The molecule has 0 aliphatic heterocycles. The first kappa shape index (κ1) is 15.3. The van der Waals surface area contributed by atoms with E-state index < -0.39 is 5.91 Å². The van der Waals surface area contributed by atoms with Gasteiger partial charge in [-0.3, -0.25) is 4.79 Å². The van der Waals surface area contributed by atoms with E-state index in [0.29, 0.717) is 33.3 Å². The maximum absolute atomic E-state index is 12.0. The molecule has 0 unspecified atom stereocenters. The molecule has 126 valence electrons. The van der Waals surface area contributed by atoms with Crippen LogP contribution < -0.4 is 5.73 Å². The highest BCUT2D eigenvalue weighted by molar-refractivity contribution is 6.06. The highest BCUT2D eigenvalue weighted by atomic mass is 16.6. The van der Waals surface area contributed by atoms with Crippen molar-refractivity contribution in [3.63, 3.8) is 0 Å². The van der Waals surface area contributed by atoms with E-state index >= 15 is 0 Å². The molecule has 8 nitrogen and oxygen atoms in total. The van der Waals surface area contributed by atoms with Crippen molar-refractivity contribution in [2.24, 2.45) is 5.73 Å². The predicted molar refractivity (Wildman–Crippen MR) is 92.0 cm³/mol. The van der Waals surface area contributed by atoms with Crippen LogP contribution in [0.4, 0.5) is 0 Å². The summed E-state index contributed by atoms with van der Waals surface area (Å²) < 4.78 is 6.54. The number of hydrogen-bond donors (Lipinski definition) is 1. The smallest absolute Gasteiger partial charge is 0.249 e. The summed E-state index contributed by atoms with van der Waals surface area (Å²) in [5, 5.41) is 12.9. The van der Waals surface area contributed by atoms with Gasteiger partial charge in [-0.25, -0.2) is 14.3 Å². The molecule has 0 fully saturated rings. The number of aryl methyl sites for hydroxylation is 1. The fourth-order valence-corrected chi connectivity index (χ4v) is 2.96. The minimum absolute atomic E-state index is 0.0990. The van der Waals surface area contributed by atoms with Crippen molar-refractivity contribution in [3.05, 3.63) is 35.5 Å². The van der Waals surface area contributed by atoms with Gasteiger partial charge in [-0.1, -0.05) is 6.07 Å². The number of carbonyl (C=O) groups is 1. The maximum atomic E-state index is 12.0. The van der Waals surface area contributed by atoms with Gasteiger partial charge in [0.05, 0.1) is 22.3 Å². The van der Waals surface area contributed by atoms with Gasteiger partial charge >= 0.3 is 0 Å². The van der Waals surface area contributed by atoms with E-state index in [9.17, 15) is 4.79 Å². The van der Waals surface area contributed by atoms with Crippen molar-refractivity contribution in [3.8, 4) is 11.3 Å². The summed E-state index contributed by atoms with van der Waals surface area (Å²) in [6.07, 6.45) is 0. The molecule has 4 rings (SSSR count). The highest BCUT2D eigenvalue weighted by Crippen LogP contribution is 2.29. The van der Waals surface area contributed by atoms with Crippen LogP contribution in [-0.2, 0) is 0 Å². The lowest BCUT2D eigenvalue weighted by Gasteiger charge is -2.09. The third-order valence-corrected chi connectivity index (χ3v) is 4.14. The monoisotopic (exact) mass is 336 g/mol. The van der Waals surface area contributed by atoms with Crippen molar-refractivity contribution in [1.82, 2.24) is 25.1 Å². The first-order valence-electron chi connectivity index (χ1n) is 7.88. The fourth-order valence-electron chi connectivity index (χ4n) is 2.96. The molecule has 3 heterocycles. The molecule has 0 radical (unpaired) electrons. The van der Waals surface area contributed by atoms with Crippen LogP contribution in [0.2, 0.25) is 0 Å². The highest BCUT2D eigenvalue weighted by Gasteiger charge is 2.20. The van der Waals surface area contributed by atoms with Crippen LogP contribution in [0.5, 0.6) is 0 Å². The van der Waals surface area contributed by atoms with Crippen LogP contribution in [0.25, 0.3) is 33.3 Å². The van der Waals surface area contributed by atoms with Crippen LogP contribution in [0.1, 0.15) is 35.9 Å². The van der Waals surface area contributed by atoms with E-state index in [1.807, 2.05) is 32.9 Å². The Hall–Kier alpha value is -3.29. The van der Waals surface area contributed by atoms with Gasteiger partial charge in [-0.05, 0) is 49.3 Å². The van der Waals surface area contributed by atoms with Crippen molar-refractivity contribution in [1.29, 1.82) is 0 Å². The molecule has 0 aliphatic carbocycles. The second-order valence-electron chi connectivity index (χ2n) is 6.21. The number of rotatable bonds is 3. The van der Waals surface area contributed by atoms with Gasteiger partial charge < -0.3 is 5.73 Å². The molecule has 0 saturated carbocycles. The summed E-state index contributed by atoms with van der Waals surface area (Å²) in [5.41, 5.74) is 10.1. The first-order valence-corrected chi connectivity index (χ1v) is 7.88. The Balaban J connectivity index is 2.03. The third kappa shape index (κ3) is 2.34. The molecule has 0 spiro atoms. The zero-order valence-corrected chi connectivity index (χ0v) is 14.0. The van der Waals surface area contributed by atoms with Crippen LogP contribution >= 0.6 is 0 Å². The second-order valence-corrected chi connectivity index (χ2v) is 6.21. The molecule has 2 N–H and O–H groups in total. The minimum Gasteiger partial charge on any atom is -0.366 e. The molecule has 4 aromatic rings. The Labute approximate surface area is 142 Å². The summed E-state index contributed by atoms with van der Waals surface area (Å²) in [5.74, 6) is -0.510. The second kappa shape index (κ2) is 5.37. The Morgan fingerprint density at radius 1 is 1.20 bits per heavy atom. The van der Waals surface area contributed by atoms with E-state index in [0.717, 1.165) is 11.3 Å². The van der Waals surface area contributed by atoms with E-state index in [1.54, 1.807) is 16.8 Å². The van der Waals surface area contributed by atoms with Gasteiger partial charge in [-0.15, -0.1) is 0 Å². The van der Waals surface area contributed by atoms with Gasteiger partial charge in [0.1, 0.15) is 11.0 Å². The number of aromatic nitrogens is 5. The number of pyridine rings is 1. The number of primary amides is 1. The standard InChI is InChI=1S/C17H16N6O2/c1-8(2)23-17-15(9(3)20-23)11(16(18)24)7-13(19-17)10-4-5-12-14(6-10)22-25-21-12/h4-8H,1-3H3,(H2,18,24). The maximum Gasteiger partial charge on any atom is 0.249 e. The fraction of sp³-hybridized carbons (Fsp3) is 0.235. The lowest BCUT2D eigenvalue weighted by atomic mass is 10.0. The van der Waals surface area contributed by atoms with Crippen molar-refractivity contribution in [2.75, 3.05) is 0 Å². The quantitative estimate of drug-likeness (QED) is 0.615. The van der Waals surface area contributed by atoms with Gasteiger partial charge in [0.25, 0.3) is 0 Å². The number of carbonyl (C=O) groups excluding carboxylic acids is 1. The normalized spacial score (nSPS) is 11.7. The first-order chi connectivity index (χ1) is 12.0. The topological polar surface area (TPSA) is 113 Å². The summed E-state index contributed by atoms with van der Waals surface area (Å²) >= 11 is 0. The largest absolute Gasteiger partial charge is 0.366 e. The molecule has 8 heteroatoms. The summed E-state index contributed by atoms with van der Waals surface area (Å²) in [6, 6.07) is 7.25. The zero-order valence-electron chi connectivity index (χ0n) is 14.0. The molecule has 25 heavy (non-hydrogen) atoms. The molecule has 3 aromatic heterocycles. The van der Waals surface area contributed by atoms with E-state index in [1.165, 1.54) is 0 Å². The van der Waals surface area contributed by atoms with Gasteiger partial charge in [0, 0.05) is 11.6 Å². The molecule has 0 saturated heterocycles. The molecule has 1 aromatic carbocycles. The molecular formula is C17H16N6O2. The van der Waals surface area contributed by atoms with E-state index in [4.69, 9.17) is 15.3 Å².